The van der Waals surface area contributed by atoms with Gasteiger partial charge in [-0.1, -0.05) is 12.1 Å². The number of anilines is 2. The number of aromatic nitrogens is 2. The summed E-state index contributed by atoms with van der Waals surface area (Å²) in [5, 5.41) is 26.7. The van der Waals surface area contributed by atoms with Crippen molar-refractivity contribution >= 4 is 38.7 Å². The first-order valence-electron chi connectivity index (χ1n) is 8.06. The highest BCUT2D eigenvalue weighted by atomic mass is 32.1. The molecule has 4 rings (SSSR count). The van der Waals surface area contributed by atoms with Crippen molar-refractivity contribution in [1.82, 2.24) is 9.97 Å². The summed E-state index contributed by atoms with van der Waals surface area (Å²) >= 11 is 1.45. The highest BCUT2D eigenvalue weighted by molar-refractivity contribution is 7.17. The Morgan fingerprint density at radius 3 is 2.81 bits per heavy atom. The van der Waals surface area contributed by atoms with Gasteiger partial charge in [-0.3, -0.25) is 10.1 Å². The molecule has 0 radical (unpaired) electrons. The Bertz CT molecular complexity index is 1170. The second kappa shape index (κ2) is 6.65. The topological polar surface area (TPSA) is 101 Å². The van der Waals surface area contributed by atoms with Gasteiger partial charge in [0.15, 0.2) is 0 Å². The predicted molar refractivity (Wildman–Crippen MR) is 106 cm³/mol. The summed E-state index contributed by atoms with van der Waals surface area (Å²) in [6, 6.07) is 11.5. The minimum atomic E-state index is -0.409. The molecule has 0 aliphatic rings. The number of aryl methyl sites for hydroxylation is 1. The van der Waals surface area contributed by atoms with Crippen molar-refractivity contribution in [2.45, 2.75) is 6.92 Å². The Balaban J connectivity index is 1.85. The van der Waals surface area contributed by atoms with Crippen LogP contribution >= 0.6 is 11.3 Å². The number of fused-ring (bicyclic) bond motifs is 1. The molecule has 0 aliphatic carbocycles. The van der Waals surface area contributed by atoms with Gasteiger partial charge in [-0.25, -0.2) is 9.97 Å². The summed E-state index contributed by atoms with van der Waals surface area (Å²) in [5.74, 6) is 0.801. The standard InChI is InChI=1S/C19H14N4O3S/c1-11-7-14(24)5-6-16(11)22-18-17-15(9-27-19(17)21-10-20-18)12-3-2-4-13(8-12)23(25)26/h2-10,24H,1H3,(H,20,21,22). The van der Waals surface area contributed by atoms with Crippen LogP contribution in [0.25, 0.3) is 21.3 Å². The Labute approximate surface area is 158 Å². The number of hydrogen-bond donors (Lipinski definition) is 2. The zero-order valence-electron chi connectivity index (χ0n) is 14.2. The van der Waals surface area contributed by atoms with Gasteiger partial charge in [0.1, 0.15) is 22.7 Å². The number of benzene rings is 2. The van der Waals surface area contributed by atoms with Crippen molar-refractivity contribution in [2.24, 2.45) is 0 Å². The minimum absolute atomic E-state index is 0.0348. The van der Waals surface area contributed by atoms with E-state index in [1.165, 1.54) is 23.7 Å². The lowest BCUT2D eigenvalue weighted by atomic mass is 10.1. The van der Waals surface area contributed by atoms with Crippen LogP contribution in [0.1, 0.15) is 5.56 Å². The highest BCUT2D eigenvalue weighted by Gasteiger charge is 2.16. The molecule has 0 atom stereocenters. The number of hydrogen-bond acceptors (Lipinski definition) is 7. The number of nitro groups is 1. The van der Waals surface area contributed by atoms with E-state index in [1.807, 2.05) is 18.4 Å². The summed E-state index contributed by atoms with van der Waals surface area (Å²) in [4.78, 5) is 20.2. The zero-order valence-corrected chi connectivity index (χ0v) is 15.0. The first kappa shape index (κ1) is 16.9. The van der Waals surface area contributed by atoms with Gasteiger partial charge >= 0.3 is 0 Å². The molecule has 4 aromatic rings. The first-order chi connectivity index (χ1) is 13.0. The molecule has 134 valence electrons. The van der Waals surface area contributed by atoms with Gasteiger partial charge in [0.05, 0.1) is 10.3 Å². The number of non-ortho nitro benzene ring substituents is 1. The van der Waals surface area contributed by atoms with Crippen molar-refractivity contribution in [3.05, 3.63) is 69.8 Å². The first-order valence-corrected chi connectivity index (χ1v) is 8.94. The molecule has 8 heteroatoms. The number of aromatic hydroxyl groups is 1. The molecule has 0 spiro atoms. The lowest BCUT2D eigenvalue weighted by Crippen LogP contribution is -1.97. The van der Waals surface area contributed by atoms with Crippen LogP contribution in [0.2, 0.25) is 0 Å². The molecule has 2 aromatic heterocycles. The van der Waals surface area contributed by atoms with Crippen LogP contribution in [-0.4, -0.2) is 20.0 Å². The second-order valence-electron chi connectivity index (χ2n) is 5.98. The average molecular weight is 378 g/mol. The molecule has 27 heavy (non-hydrogen) atoms. The van der Waals surface area contributed by atoms with Crippen molar-refractivity contribution in [2.75, 3.05) is 5.32 Å². The fourth-order valence-corrected chi connectivity index (χ4v) is 3.80. The van der Waals surface area contributed by atoms with Gasteiger partial charge < -0.3 is 10.4 Å². The van der Waals surface area contributed by atoms with Gasteiger partial charge in [-0.15, -0.1) is 11.3 Å². The van der Waals surface area contributed by atoms with E-state index in [0.29, 0.717) is 5.82 Å². The quantitative estimate of drug-likeness (QED) is 0.294. The summed E-state index contributed by atoms with van der Waals surface area (Å²) < 4.78 is 0. The summed E-state index contributed by atoms with van der Waals surface area (Å²) in [6.07, 6.45) is 1.48. The molecule has 0 saturated heterocycles. The van der Waals surface area contributed by atoms with Crippen molar-refractivity contribution in [1.29, 1.82) is 0 Å². The van der Waals surface area contributed by atoms with E-state index in [-0.39, 0.29) is 11.4 Å². The van der Waals surface area contributed by atoms with E-state index >= 15 is 0 Å². The van der Waals surface area contributed by atoms with E-state index in [0.717, 1.165) is 32.6 Å². The third-order valence-corrected chi connectivity index (χ3v) is 5.09. The van der Waals surface area contributed by atoms with Crippen LogP contribution < -0.4 is 5.32 Å². The number of nitrogens with one attached hydrogen (secondary N) is 1. The van der Waals surface area contributed by atoms with Crippen LogP contribution in [0.15, 0.2) is 54.2 Å². The molecule has 0 fully saturated rings. The van der Waals surface area contributed by atoms with E-state index in [4.69, 9.17) is 0 Å². The number of phenols is 1. The smallest absolute Gasteiger partial charge is 0.270 e. The number of phenolic OH excluding ortho intramolecular Hbond substituents is 1. The maximum Gasteiger partial charge on any atom is 0.270 e. The maximum absolute atomic E-state index is 11.1. The molecule has 2 heterocycles. The SMILES string of the molecule is Cc1cc(O)ccc1Nc1ncnc2scc(-c3cccc([N+](=O)[O-])c3)c12. The highest BCUT2D eigenvalue weighted by Crippen LogP contribution is 2.38. The van der Waals surface area contributed by atoms with E-state index in [9.17, 15) is 15.2 Å². The zero-order chi connectivity index (χ0) is 19.0. The molecule has 0 aliphatic heterocycles. The van der Waals surface area contributed by atoms with E-state index in [1.54, 1.807) is 30.3 Å². The summed E-state index contributed by atoms with van der Waals surface area (Å²) in [7, 11) is 0. The molecule has 0 bridgehead atoms. The van der Waals surface area contributed by atoms with Crippen molar-refractivity contribution in [3.8, 4) is 16.9 Å². The van der Waals surface area contributed by atoms with Crippen LogP contribution in [0.3, 0.4) is 0 Å². The molecule has 0 unspecified atom stereocenters. The van der Waals surface area contributed by atoms with E-state index < -0.39 is 4.92 Å². The number of thiophene rings is 1. The Kier molecular flexibility index (Phi) is 4.17. The van der Waals surface area contributed by atoms with Crippen molar-refractivity contribution < 1.29 is 10.0 Å². The summed E-state index contributed by atoms with van der Waals surface area (Å²) in [5.41, 5.74) is 3.28. The third kappa shape index (κ3) is 3.18. The van der Waals surface area contributed by atoms with Gasteiger partial charge in [0, 0.05) is 28.8 Å². The fourth-order valence-electron chi connectivity index (χ4n) is 2.89. The Hall–Kier alpha value is -3.52. The lowest BCUT2D eigenvalue weighted by molar-refractivity contribution is -0.384. The molecular weight excluding hydrogens is 364 g/mol. The number of nitrogens with zero attached hydrogens (tertiary/aromatic N) is 3. The predicted octanol–water partition coefficient (Wildman–Crippen LogP) is 5.02. The van der Waals surface area contributed by atoms with Crippen LogP contribution in [0.5, 0.6) is 5.75 Å². The Morgan fingerprint density at radius 2 is 2.04 bits per heavy atom. The number of nitro benzene ring substituents is 1. The fraction of sp³-hybridized carbons (Fsp3) is 0.0526. The van der Waals surface area contributed by atoms with Crippen LogP contribution in [0, 0.1) is 17.0 Å². The second-order valence-corrected chi connectivity index (χ2v) is 6.84. The average Bonchev–Trinajstić information content (AvgIpc) is 3.09. The number of rotatable bonds is 4. The molecule has 2 aromatic carbocycles. The summed E-state index contributed by atoms with van der Waals surface area (Å²) in [6.45, 7) is 1.88. The lowest BCUT2D eigenvalue weighted by Gasteiger charge is -2.11. The largest absolute Gasteiger partial charge is 0.508 e. The Morgan fingerprint density at radius 1 is 1.19 bits per heavy atom. The maximum atomic E-state index is 11.1. The van der Waals surface area contributed by atoms with Crippen LogP contribution in [0.4, 0.5) is 17.2 Å². The molecule has 0 saturated carbocycles. The van der Waals surface area contributed by atoms with Gasteiger partial charge in [0.2, 0.25) is 0 Å². The van der Waals surface area contributed by atoms with Crippen molar-refractivity contribution in [3.63, 3.8) is 0 Å². The van der Waals surface area contributed by atoms with Gasteiger partial charge in [-0.05, 0) is 36.2 Å². The third-order valence-electron chi connectivity index (χ3n) is 4.20. The molecule has 0 amide bonds. The molecule has 7 nitrogen and oxygen atoms in total. The van der Waals surface area contributed by atoms with Crippen LogP contribution in [-0.2, 0) is 0 Å². The van der Waals surface area contributed by atoms with Gasteiger partial charge in [-0.2, -0.15) is 0 Å². The molecular formula is C19H14N4O3S. The monoisotopic (exact) mass is 378 g/mol. The van der Waals surface area contributed by atoms with E-state index in [2.05, 4.69) is 15.3 Å². The normalized spacial score (nSPS) is 10.9. The molecule has 2 N–H and O–H groups in total. The minimum Gasteiger partial charge on any atom is -0.508 e. The van der Waals surface area contributed by atoms with Gasteiger partial charge in [0.25, 0.3) is 5.69 Å².